The SMILES string of the molecule is CCN(CC)c1ccc(C2/C(=C(\O)c3ccc(Br)cc3)C(=O)C(=O)N2c2cc(C)ccc2O)cc1. The lowest BCUT2D eigenvalue weighted by atomic mass is 9.94. The molecule has 1 saturated heterocycles. The van der Waals surface area contributed by atoms with Gasteiger partial charge >= 0.3 is 0 Å². The Kier molecular flexibility index (Phi) is 6.98. The van der Waals surface area contributed by atoms with E-state index in [1.165, 1.54) is 11.0 Å². The van der Waals surface area contributed by atoms with Gasteiger partial charge in [-0.15, -0.1) is 0 Å². The molecule has 1 atom stereocenters. The van der Waals surface area contributed by atoms with E-state index in [-0.39, 0.29) is 22.8 Å². The number of amides is 1. The van der Waals surface area contributed by atoms with Crippen molar-refractivity contribution in [3.05, 3.63) is 93.5 Å². The fourth-order valence-electron chi connectivity index (χ4n) is 4.44. The zero-order chi connectivity index (χ0) is 25.3. The Balaban J connectivity index is 1.93. The Hall–Kier alpha value is -3.58. The van der Waals surface area contributed by atoms with Crippen LogP contribution in [0.3, 0.4) is 0 Å². The van der Waals surface area contributed by atoms with Crippen molar-refractivity contribution in [3.63, 3.8) is 0 Å². The molecule has 4 rings (SSSR count). The van der Waals surface area contributed by atoms with Gasteiger partial charge in [-0.05, 0) is 68.3 Å². The molecule has 0 saturated carbocycles. The number of nitrogens with zero attached hydrogens (tertiary/aromatic N) is 2. The molecule has 0 aromatic heterocycles. The molecule has 7 heteroatoms. The Labute approximate surface area is 213 Å². The number of aromatic hydroxyl groups is 1. The van der Waals surface area contributed by atoms with Gasteiger partial charge in [0, 0.05) is 28.8 Å². The molecule has 0 radical (unpaired) electrons. The van der Waals surface area contributed by atoms with Gasteiger partial charge in [0.25, 0.3) is 11.7 Å². The molecule has 35 heavy (non-hydrogen) atoms. The molecule has 1 fully saturated rings. The molecule has 0 spiro atoms. The van der Waals surface area contributed by atoms with Gasteiger partial charge in [0.05, 0.1) is 17.3 Å². The van der Waals surface area contributed by atoms with Crippen molar-refractivity contribution >= 4 is 44.8 Å². The van der Waals surface area contributed by atoms with Crippen LogP contribution in [-0.4, -0.2) is 35.0 Å². The Morgan fingerprint density at radius 3 is 2.20 bits per heavy atom. The van der Waals surface area contributed by atoms with E-state index in [9.17, 15) is 19.8 Å². The Morgan fingerprint density at radius 1 is 0.971 bits per heavy atom. The van der Waals surface area contributed by atoms with Crippen LogP contribution in [0.1, 0.15) is 36.6 Å². The van der Waals surface area contributed by atoms with Gasteiger partial charge in [-0.1, -0.05) is 46.3 Å². The first kappa shape index (κ1) is 24.5. The van der Waals surface area contributed by atoms with Crippen molar-refractivity contribution in [1.29, 1.82) is 0 Å². The van der Waals surface area contributed by atoms with Crippen LogP contribution in [0.2, 0.25) is 0 Å². The van der Waals surface area contributed by atoms with E-state index >= 15 is 0 Å². The number of anilines is 2. The lowest BCUT2D eigenvalue weighted by Crippen LogP contribution is -2.29. The van der Waals surface area contributed by atoms with Crippen LogP contribution in [0.5, 0.6) is 5.75 Å². The summed E-state index contributed by atoms with van der Waals surface area (Å²) in [5, 5.41) is 21.9. The predicted octanol–water partition coefficient (Wildman–Crippen LogP) is 5.94. The minimum atomic E-state index is -0.905. The molecule has 1 amide bonds. The fourth-order valence-corrected chi connectivity index (χ4v) is 4.71. The summed E-state index contributed by atoms with van der Waals surface area (Å²) < 4.78 is 0.822. The van der Waals surface area contributed by atoms with E-state index in [1.807, 2.05) is 31.2 Å². The summed E-state index contributed by atoms with van der Waals surface area (Å²) in [6.45, 7) is 7.68. The average molecular weight is 535 g/mol. The number of phenols is 1. The number of carbonyl (C=O) groups is 2. The van der Waals surface area contributed by atoms with Crippen LogP contribution >= 0.6 is 15.9 Å². The fraction of sp³-hybridized carbons (Fsp3) is 0.214. The molecule has 1 unspecified atom stereocenters. The van der Waals surface area contributed by atoms with Gasteiger partial charge < -0.3 is 15.1 Å². The molecule has 1 aliphatic rings. The van der Waals surface area contributed by atoms with Crippen LogP contribution < -0.4 is 9.80 Å². The summed E-state index contributed by atoms with van der Waals surface area (Å²) in [5.41, 5.74) is 3.11. The monoisotopic (exact) mass is 534 g/mol. The van der Waals surface area contributed by atoms with Gasteiger partial charge in [-0.2, -0.15) is 0 Å². The van der Waals surface area contributed by atoms with E-state index < -0.39 is 17.7 Å². The molecule has 0 bridgehead atoms. The number of Topliss-reactive ketones (excluding diaryl/α,β-unsaturated/α-hetero) is 1. The summed E-state index contributed by atoms with van der Waals surface area (Å²) in [7, 11) is 0. The molecule has 3 aromatic carbocycles. The number of hydrogen-bond donors (Lipinski definition) is 2. The normalized spacial score (nSPS) is 17.1. The lowest BCUT2D eigenvalue weighted by molar-refractivity contribution is -0.132. The summed E-state index contributed by atoms with van der Waals surface area (Å²) in [6.07, 6.45) is 0. The van der Waals surface area contributed by atoms with Crippen molar-refractivity contribution in [2.45, 2.75) is 26.8 Å². The van der Waals surface area contributed by atoms with Crippen LogP contribution in [0, 0.1) is 6.92 Å². The maximum Gasteiger partial charge on any atom is 0.300 e. The maximum atomic E-state index is 13.3. The molecule has 0 aliphatic carbocycles. The zero-order valence-electron chi connectivity index (χ0n) is 19.8. The lowest BCUT2D eigenvalue weighted by Gasteiger charge is -2.27. The van der Waals surface area contributed by atoms with Crippen LogP contribution in [0.25, 0.3) is 5.76 Å². The zero-order valence-corrected chi connectivity index (χ0v) is 21.4. The summed E-state index contributed by atoms with van der Waals surface area (Å²) >= 11 is 3.37. The first-order valence-corrected chi connectivity index (χ1v) is 12.3. The third-order valence-corrected chi connectivity index (χ3v) is 6.82. The van der Waals surface area contributed by atoms with Gasteiger partial charge in [0.1, 0.15) is 11.5 Å². The number of phenolic OH excluding ortho intramolecular Hbond substituents is 1. The van der Waals surface area contributed by atoms with Crippen molar-refractivity contribution in [1.82, 2.24) is 0 Å². The molecule has 1 heterocycles. The molecule has 2 N–H and O–H groups in total. The van der Waals surface area contributed by atoms with Gasteiger partial charge in [-0.3, -0.25) is 14.5 Å². The predicted molar refractivity (Wildman–Crippen MR) is 142 cm³/mol. The topological polar surface area (TPSA) is 81.1 Å². The Morgan fingerprint density at radius 2 is 1.60 bits per heavy atom. The van der Waals surface area contributed by atoms with Gasteiger partial charge in [0.2, 0.25) is 0 Å². The first-order valence-electron chi connectivity index (χ1n) is 11.5. The minimum Gasteiger partial charge on any atom is -0.507 e. The quantitative estimate of drug-likeness (QED) is 0.232. The number of aryl methyl sites for hydroxylation is 1. The minimum absolute atomic E-state index is 0.0196. The van der Waals surface area contributed by atoms with E-state index in [2.05, 4.69) is 34.7 Å². The van der Waals surface area contributed by atoms with Crippen molar-refractivity contribution in [3.8, 4) is 5.75 Å². The molecule has 3 aromatic rings. The van der Waals surface area contributed by atoms with E-state index in [0.29, 0.717) is 11.1 Å². The highest BCUT2D eigenvalue weighted by Gasteiger charge is 2.47. The summed E-state index contributed by atoms with van der Waals surface area (Å²) in [6, 6.07) is 18.5. The van der Waals surface area contributed by atoms with Crippen molar-refractivity contribution in [2.24, 2.45) is 0 Å². The van der Waals surface area contributed by atoms with E-state index in [0.717, 1.165) is 28.8 Å². The third kappa shape index (κ3) is 4.56. The number of aliphatic hydroxyl groups excluding tert-OH is 1. The highest BCUT2D eigenvalue weighted by atomic mass is 79.9. The van der Waals surface area contributed by atoms with Crippen LogP contribution in [-0.2, 0) is 9.59 Å². The number of ketones is 1. The third-order valence-electron chi connectivity index (χ3n) is 6.29. The molecule has 6 nitrogen and oxygen atoms in total. The summed E-state index contributed by atoms with van der Waals surface area (Å²) in [4.78, 5) is 30.1. The number of rotatable bonds is 6. The van der Waals surface area contributed by atoms with Gasteiger partial charge in [-0.25, -0.2) is 0 Å². The Bertz CT molecular complexity index is 1300. The number of hydrogen-bond acceptors (Lipinski definition) is 5. The number of benzene rings is 3. The molecular formula is C28H27BrN2O4. The molecule has 180 valence electrons. The highest BCUT2D eigenvalue weighted by molar-refractivity contribution is 9.10. The van der Waals surface area contributed by atoms with Crippen molar-refractivity contribution in [2.75, 3.05) is 22.9 Å². The van der Waals surface area contributed by atoms with E-state index in [4.69, 9.17) is 0 Å². The van der Waals surface area contributed by atoms with E-state index in [1.54, 1.807) is 36.4 Å². The highest BCUT2D eigenvalue weighted by Crippen LogP contribution is 2.45. The van der Waals surface area contributed by atoms with Gasteiger partial charge in [0.15, 0.2) is 0 Å². The molecule has 1 aliphatic heterocycles. The smallest absolute Gasteiger partial charge is 0.300 e. The number of carbonyl (C=O) groups excluding carboxylic acids is 2. The van der Waals surface area contributed by atoms with Crippen LogP contribution in [0.4, 0.5) is 11.4 Å². The molecular weight excluding hydrogens is 508 g/mol. The second-order valence-electron chi connectivity index (χ2n) is 8.43. The maximum absolute atomic E-state index is 13.3. The second-order valence-corrected chi connectivity index (χ2v) is 9.35. The second kappa shape index (κ2) is 9.96. The van der Waals surface area contributed by atoms with Crippen molar-refractivity contribution < 1.29 is 19.8 Å². The number of aliphatic hydroxyl groups is 1. The standard InChI is InChI=1S/C28H27BrN2O4/c1-4-30(5-2)21-13-9-18(10-14-21)25-24(26(33)19-7-11-20(29)12-8-19)27(34)28(35)31(25)22-16-17(3)6-15-23(22)32/h6-16,25,32-33H,4-5H2,1-3H3/b26-24+. The largest absolute Gasteiger partial charge is 0.507 e. The number of halogens is 1. The summed E-state index contributed by atoms with van der Waals surface area (Å²) in [5.74, 6) is -1.99. The first-order chi connectivity index (χ1) is 16.8. The average Bonchev–Trinajstić information content (AvgIpc) is 3.12. The van der Waals surface area contributed by atoms with Crippen LogP contribution in [0.15, 0.2) is 76.8 Å².